The molecule has 0 aromatic heterocycles. The Morgan fingerprint density at radius 1 is 0.862 bits per heavy atom. The third-order valence-corrected chi connectivity index (χ3v) is 6.16. The van der Waals surface area contributed by atoms with Gasteiger partial charge in [-0.1, -0.05) is 97.1 Å². The Balaban J connectivity index is 1.99. The van der Waals surface area contributed by atoms with E-state index in [1.54, 1.807) is 0 Å². The number of aliphatic hydroxyl groups excluding tert-OH is 1. The van der Waals surface area contributed by atoms with E-state index in [-0.39, 0.29) is 6.04 Å². The van der Waals surface area contributed by atoms with E-state index in [0.29, 0.717) is 6.42 Å². The molecule has 1 fully saturated rings. The van der Waals surface area contributed by atoms with E-state index < -0.39 is 11.6 Å². The van der Waals surface area contributed by atoms with Crippen LogP contribution in [-0.2, 0) is 5.54 Å². The number of hydrogen-bond donors (Lipinski definition) is 1. The summed E-state index contributed by atoms with van der Waals surface area (Å²) >= 11 is 0. The maximum atomic E-state index is 11.0. The minimum Gasteiger partial charge on any atom is -0.391 e. The SMILES string of the molecule is C=CCC(O)[C@@H]1CCCN1C(c1ccccc1)(c1ccccc1)c1ccccc1. The van der Waals surface area contributed by atoms with E-state index in [1.807, 2.05) is 6.08 Å². The summed E-state index contributed by atoms with van der Waals surface area (Å²) in [5.41, 5.74) is 3.24. The zero-order valence-corrected chi connectivity index (χ0v) is 16.8. The molecule has 148 valence electrons. The van der Waals surface area contributed by atoms with Crippen molar-refractivity contribution in [1.29, 1.82) is 0 Å². The highest BCUT2D eigenvalue weighted by Crippen LogP contribution is 2.46. The van der Waals surface area contributed by atoms with Crippen molar-refractivity contribution in [1.82, 2.24) is 4.90 Å². The molecule has 0 spiro atoms. The smallest absolute Gasteiger partial charge is 0.0976 e. The Morgan fingerprint density at radius 3 is 1.72 bits per heavy atom. The summed E-state index contributed by atoms with van der Waals surface area (Å²) in [7, 11) is 0. The van der Waals surface area contributed by atoms with Crippen LogP contribution in [0.3, 0.4) is 0 Å². The molecule has 1 unspecified atom stereocenters. The Kier molecular flexibility index (Phi) is 5.94. The van der Waals surface area contributed by atoms with Crippen LogP contribution < -0.4 is 0 Å². The predicted octanol–water partition coefficient (Wildman–Crippen LogP) is 5.38. The first-order chi connectivity index (χ1) is 14.3. The number of benzene rings is 3. The molecule has 0 radical (unpaired) electrons. The minimum atomic E-state index is -0.451. The first-order valence-electron chi connectivity index (χ1n) is 10.5. The highest BCUT2D eigenvalue weighted by Gasteiger charge is 2.48. The first kappa shape index (κ1) is 19.6. The fraction of sp³-hybridized carbons (Fsp3) is 0.259. The van der Waals surface area contributed by atoms with E-state index >= 15 is 0 Å². The second-order valence-electron chi connectivity index (χ2n) is 7.80. The highest BCUT2D eigenvalue weighted by molar-refractivity contribution is 5.50. The van der Waals surface area contributed by atoms with Crippen LogP contribution >= 0.6 is 0 Å². The molecule has 0 amide bonds. The summed E-state index contributed by atoms with van der Waals surface area (Å²) in [6.07, 6.45) is 4.08. The number of nitrogens with zero attached hydrogens (tertiary/aromatic N) is 1. The van der Waals surface area contributed by atoms with Crippen LogP contribution in [0.25, 0.3) is 0 Å². The monoisotopic (exact) mass is 383 g/mol. The van der Waals surface area contributed by atoms with E-state index in [2.05, 4.69) is 102 Å². The number of hydrogen-bond acceptors (Lipinski definition) is 2. The van der Waals surface area contributed by atoms with Crippen molar-refractivity contribution in [2.45, 2.75) is 36.9 Å². The van der Waals surface area contributed by atoms with Crippen LogP contribution in [0, 0.1) is 0 Å². The van der Waals surface area contributed by atoms with Gasteiger partial charge in [-0.25, -0.2) is 0 Å². The fourth-order valence-corrected chi connectivity index (χ4v) is 4.97. The molecule has 2 atom stereocenters. The van der Waals surface area contributed by atoms with Gasteiger partial charge in [-0.05, 0) is 36.0 Å². The van der Waals surface area contributed by atoms with E-state index in [9.17, 15) is 5.11 Å². The molecule has 3 aromatic carbocycles. The van der Waals surface area contributed by atoms with Gasteiger partial charge in [0, 0.05) is 12.6 Å². The van der Waals surface area contributed by atoms with Gasteiger partial charge in [-0.15, -0.1) is 6.58 Å². The van der Waals surface area contributed by atoms with Crippen molar-refractivity contribution in [2.24, 2.45) is 0 Å². The van der Waals surface area contributed by atoms with Crippen molar-refractivity contribution < 1.29 is 5.11 Å². The van der Waals surface area contributed by atoms with Gasteiger partial charge >= 0.3 is 0 Å². The summed E-state index contributed by atoms with van der Waals surface area (Å²) in [5, 5.41) is 11.0. The normalized spacial score (nSPS) is 18.4. The molecule has 2 nitrogen and oxygen atoms in total. The Labute approximate surface area is 174 Å². The van der Waals surface area contributed by atoms with Crippen LogP contribution in [-0.4, -0.2) is 28.7 Å². The Hall–Kier alpha value is -2.68. The van der Waals surface area contributed by atoms with E-state index in [1.165, 1.54) is 16.7 Å². The van der Waals surface area contributed by atoms with Gasteiger partial charge in [-0.2, -0.15) is 0 Å². The number of aliphatic hydroxyl groups is 1. The molecule has 1 saturated heterocycles. The predicted molar refractivity (Wildman–Crippen MR) is 120 cm³/mol. The molecule has 3 aromatic rings. The minimum absolute atomic E-state index is 0.0774. The molecule has 1 heterocycles. The lowest BCUT2D eigenvalue weighted by Gasteiger charge is -2.47. The zero-order valence-electron chi connectivity index (χ0n) is 16.8. The first-order valence-corrected chi connectivity index (χ1v) is 10.5. The fourth-order valence-electron chi connectivity index (χ4n) is 4.97. The summed E-state index contributed by atoms with van der Waals surface area (Å²) < 4.78 is 0. The van der Waals surface area contributed by atoms with Gasteiger partial charge < -0.3 is 5.11 Å². The number of likely N-dealkylation sites (tertiary alicyclic amines) is 1. The standard InChI is InChI=1S/C27H29NO/c1-2-13-26(29)25-20-12-21-28(25)27(22-14-6-3-7-15-22,23-16-8-4-9-17-23)24-18-10-5-11-19-24/h2-11,14-19,25-26,29H,1,12-13,20-21H2/t25-,26?/m0/s1. The molecule has 29 heavy (non-hydrogen) atoms. The van der Waals surface area contributed by atoms with Gasteiger partial charge in [0.05, 0.1) is 11.6 Å². The summed E-state index contributed by atoms with van der Waals surface area (Å²) in [4.78, 5) is 2.53. The summed E-state index contributed by atoms with van der Waals surface area (Å²) in [5.74, 6) is 0. The van der Waals surface area contributed by atoms with Crippen molar-refractivity contribution in [3.63, 3.8) is 0 Å². The molecule has 4 rings (SSSR count). The van der Waals surface area contributed by atoms with Gasteiger partial charge in [0.2, 0.25) is 0 Å². The van der Waals surface area contributed by atoms with Crippen LogP contribution in [0.15, 0.2) is 104 Å². The Morgan fingerprint density at radius 2 is 1.31 bits per heavy atom. The molecule has 0 saturated carbocycles. The van der Waals surface area contributed by atoms with Crippen LogP contribution in [0.5, 0.6) is 0 Å². The molecular weight excluding hydrogens is 354 g/mol. The summed E-state index contributed by atoms with van der Waals surface area (Å²) in [6, 6.07) is 32.3. The Bertz CT molecular complexity index is 810. The molecule has 1 N–H and O–H groups in total. The molecule has 2 heteroatoms. The average molecular weight is 384 g/mol. The van der Waals surface area contributed by atoms with Gasteiger partial charge in [-0.3, -0.25) is 4.90 Å². The van der Waals surface area contributed by atoms with Crippen LogP contribution in [0.4, 0.5) is 0 Å². The zero-order chi connectivity index (χ0) is 20.1. The third kappa shape index (κ3) is 3.55. The molecular formula is C27H29NO. The molecule has 1 aliphatic heterocycles. The van der Waals surface area contributed by atoms with Gasteiger partial charge in [0.25, 0.3) is 0 Å². The lowest BCUT2D eigenvalue weighted by molar-refractivity contribution is 0.0351. The van der Waals surface area contributed by atoms with Crippen LogP contribution in [0.2, 0.25) is 0 Å². The van der Waals surface area contributed by atoms with Crippen molar-refractivity contribution >= 4 is 0 Å². The summed E-state index contributed by atoms with van der Waals surface area (Å²) in [6.45, 7) is 4.80. The number of rotatable bonds is 7. The van der Waals surface area contributed by atoms with Gasteiger partial charge in [0.15, 0.2) is 0 Å². The second-order valence-corrected chi connectivity index (χ2v) is 7.80. The van der Waals surface area contributed by atoms with Crippen molar-refractivity contribution in [3.8, 4) is 0 Å². The third-order valence-electron chi connectivity index (χ3n) is 6.16. The second kappa shape index (κ2) is 8.77. The van der Waals surface area contributed by atoms with Crippen molar-refractivity contribution in [2.75, 3.05) is 6.54 Å². The quantitative estimate of drug-likeness (QED) is 0.437. The largest absolute Gasteiger partial charge is 0.391 e. The lowest BCUT2D eigenvalue weighted by Crippen LogP contribution is -2.53. The van der Waals surface area contributed by atoms with E-state index in [0.717, 1.165) is 19.4 Å². The highest BCUT2D eigenvalue weighted by atomic mass is 16.3. The lowest BCUT2D eigenvalue weighted by atomic mass is 9.75. The van der Waals surface area contributed by atoms with Gasteiger partial charge in [0.1, 0.15) is 0 Å². The molecule has 0 aliphatic carbocycles. The average Bonchev–Trinajstić information content (AvgIpc) is 3.27. The maximum absolute atomic E-state index is 11.0. The maximum Gasteiger partial charge on any atom is 0.0976 e. The van der Waals surface area contributed by atoms with Crippen LogP contribution in [0.1, 0.15) is 36.0 Å². The van der Waals surface area contributed by atoms with Crippen molar-refractivity contribution in [3.05, 3.63) is 120 Å². The molecule has 1 aliphatic rings. The van der Waals surface area contributed by atoms with E-state index in [4.69, 9.17) is 0 Å². The topological polar surface area (TPSA) is 23.5 Å². The molecule has 0 bridgehead atoms.